The van der Waals surface area contributed by atoms with Gasteiger partial charge in [-0.3, -0.25) is 19.3 Å². The highest BCUT2D eigenvalue weighted by Crippen LogP contribution is 2.44. The van der Waals surface area contributed by atoms with Crippen molar-refractivity contribution in [3.05, 3.63) is 29.8 Å². The first-order valence-electron chi connectivity index (χ1n) is 9.19. The molecule has 0 unspecified atom stereocenters. The Hall–Kier alpha value is -2.61. The first-order chi connectivity index (χ1) is 13.0. The van der Waals surface area contributed by atoms with Gasteiger partial charge in [-0.2, -0.15) is 0 Å². The number of ether oxygens (including phenoxy) is 1. The van der Waals surface area contributed by atoms with Gasteiger partial charge >= 0.3 is 5.97 Å². The van der Waals surface area contributed by atoms with E-state index in [4.69, 9.17) is 4.74 Å². The number of fused-ring (bicyclic) bond motifs is 2. The number of para-hydroxylation sites is 1. The molecule has 3 aliphatic rings. The second kappa shape index (κ2) is 6.84. The lowest BCUT2D eigenvalue weighted by molar-refractivity contribution is -0.151. The van der Waals surface area contributed by atoms with Crippen molar-refractivity contribution in [2.24, 2.45) is 11.3 Å². The lowest BCUT2D eigenvalue weighted by atomic mass is 9.74. The van der Waals surface area contributed by atoms with Crippen LogP contribution >= 0.6 is 0 Å². The highest BCUT2D eigenvalue weighted by molar-refractivity contribution is 5.84. The molecule has 4 rings (SSSR count). The fourth-order valence-electron chi connectivity index (χ4n) is 4.33. The summed E-state index contributed by atoms with van der Waals surface area (Å²) in [5.41, 5.74) is -0.175. The van der Waals surface area contributed by atoms with Gasteiger partial charge in [-0.1, -0.05) is 18.2 Å². The Kier molecular flexibility index (Phi) is 4.51. The molecule has 8 nitrogen and oxygen atoms in total. The number of likely N-dealkylation sites (tertiary alicyclic amines) is 1. The molecule has 8 heteroatoms. The molecule has 0 aromatic heterocycles. The fraction of sp³-hybridized carbons (Fsp3) is 0.526. The molecular formula is C19H23N3O5. The summed E-state index contributed by atoms with van der Waals surface area (Å²) in [7, 11) is 0. The van der Waals surface area contributed by atoms with Gasteiger partial charge in [-0.15, -0.1) is 0 Å². The molecule has 0 bridgehead atoms. The molecule has 2 N–H and O–H groups in total. The average molecular weight is 373 g/mol. The number of amides is 2. The molecule has 2 saturated heterocycles. The van der Waals surface area contributed by atoms with E-state index in [0.717, 1.165) is 11.3 Å². The van der Waals surface area contributed by atoms with Crippen LogP contribution in [0.15, 0.2) is 24.3 Å². The highest BCUT2D eigenvalue weighted by atomic mass is 16.5. The molecule has 0 aliphatic carbocycles. The molecular weight excluding hydrogens is 350 g/mol. The molecule has 0 saturated carbocycles. The monoisotopic (exact) mass is 373 g/mol. The molecule has 0 radical (unpaired) electrons. The van der Waals surface area contributed by atoms with Gasteiger partial charge in [0.15, 0.2) is 0 Å². The van der Waals surface area contributed by atoms with E-state index in [9.17, 15) is 19.5 Å². The van der Waals surface area contributed by atoms with Crippen LogP contribution in [-0.2, 0) is 20.8 Å². The Morgan fingerprint density at radius 2 is 2.15 bits per heavy atom. The average Bonchev–Trinajstić information content (AvgIpc) is 2.93. The standard InChI is InChI=1S/C19H23N3O5/c23-16-9-21(6-5-20-16)10-17(24)22-8-14-11-27-15-4-2-1-3-13(15)7-19(14,12-22)18(25)26/h1-4,14H,5-12H2,(H,20,23)(H,25,26)/t14-,19+/m0/s1. The predicted octanol–water partition coefficient (Wildman–Crippen LogP) is -0.417. The molecule has 1 aromatic rings. The van der Waals surface area contributed by atoms with E-state index >= 15 is 0 Å². The van der Waals surface area contributed by atoms with Gasteiger partial charge in [-0.25, -0.2) is 0 Å². The zero-order valence-electron chi connectivity index (χ0n) is 15.0. The minimum Gasteiger partial charge on any atom is -0.493 e. The number of carbonyl (C=O) groups is 3. The number of piperazine rings is 1. The topological polar surface area (TPSA) is 99.2 Å². The summed E-state index contributed by atoms with van der Waals surface area (Å²) in [5, 5.41) is 12.8. The van der Waals surface area contributed by atoms with Gasteiger partial charge in [0.2, 0.25) is 11.8 Å². The maximum absolute atomic E-state index is 12.8. The van der Waals surface area contributed by atoms with Crippen molar-refractivity contribution in [3.8, 4) is 5.75 Å². The van der Waals surface area contributed by atoms with Crippen LogP contribution in [0.5, 0.6) is 5.75 Å². The van der Waals surface area contributed by atoms with Crippen molar-refractivity contribution in [2.45, 2.75) is 6.42 Å². The largest absolute Gasteiger partial charge is 0.493 e. The number of carboxylic acids is 1. The van der Waals surface area contributed by atoms with Crippen molar-refractivity contribution >= 4 is 17.8 Å². The molecule has 27 heavy (non-hydrogen) atoms. The van der Waals surface area contributed by atoms with Crippen LogP contribution in [0.3, 0.4) is 0 Å². The lowest BCUT2D eigenvalue weighted by Gasteiger charge is -2.29. The molecule has 3 heterocycles. The number of aliphatic carboxylic acids is 1. The van der Waals surface area contributed by atoms with Gasteiger partial charge < -0.3 is 20.1 Å². The molecule has 3 aliphatic heterocycles. The van der Waals surface area contributed by atoms with Crippen LogP contribution in [0, 0.1) is 11.3 Å². The van der Waals surface area contributed by atoms with Gasteiger partial charge in [0.1, 0.15) is 5.75 Å². The predicted molar refractivity (Wildman–Crippen MR) is 95.2 cm³/mol. The van der Waals surface area contributed by atoms with Crippen LogP contribution in [-0.4, -0.2) is 78.6 Å². The number of carbonyl (C=O) groups excluding carboxylic acids is 2. The van der Waals surface area contributed by atoms with Gasteiger partial charge in [0, 0.05) is 32.1 Å². The van der Waals surface area contributed by atoms with Gasteiger partial charge in [-0.05, 0) is 18.1 Å². The summed E-state index contributed by atoms with van der Waals surface area (Å²) in [4.78, 5) is 40.0. The summed E-state index contributed by atoms with van der Waals surface area (Å²) in [6.07, 6.45) is 0.346. The molecule has 2 fully saturated rings. The Labute approximate surface area is 157 Å². The van der Waals surface area contributed by atoms with Gasteiger partial charge in [0.25, 0.3) is 0 Å². The maximum atomic E-state index is 12.8. The lowest BCUT2D eigenvalue weighted by Crippen LogP contribution is -2.51. The molecule has 2 amide bonds. The number of hydrogen-bond donors (Lipinski definition) is 2. The number of rotatable bonds is 3. The smallest absolute Gasteiger partial charge is 0.312 e. The summed E-state index contributed by atoms with van der Waals surface area (Å²) in [6, 6.07) is 7.49. The van der Waals surface area contributed by atoms with E-state index in [1.807, 2.05) is 24.3 Å². The molecule has 144 valence electrons. The second-order valence-corrected chi connectivity index (χ2v) is 7.59. The number of nitrogens with one attached hydrogen (secondary N) is 1. The quantitative estimate of drug-likeness (QED) is 0.747. The third kappa shape index (κ3) is 3.25. The number of hydrogen-bond acceptors (Lipinski definition) is 5. The third-order valence-corrected chi connectivity index (χ3v) is 5.87. The zero-order chi connectivity index (χ0) is 19.0. The maximum Gasteiger partial charge on any atom is 0.312 e. The van der Waals surface area contributed by atoms with E-state index in [-0.39, 0.29) is 44.0 Å². The second-order valence-electron chi connectivity index (χ2n) is 7.59. The normalized spacial score (nSPS) is 27.8. The van der Waals surface area contributed by atoms with Crippen molar-refractivity contribution in [1.29, 1.82) is 0 Å². The van der Waals surface area contributed by atoms with E-state index in [2.05, 4.69) is 5.32 Å². The summed E-state index contributed by atoms with van der Waals surface area (Å²) in [6.45, 7) is 2.28. The van der Waals surface area contributed by atoms with Crippen LogP contribution in [0.25, 0.3) is 0 Å². The zero-order valence-corrected chi connectivity index (χ0v) is 15.0. The number of carboxylic acid groups (broad SMARTS) is 1. The van der Waals surface area contributed by atoms with Crippen molar-refractivity contribution in [2.75, 3.05) is 45.9 Å². The Morgan fingerprint density at radius 1 is 1.33 bits per heavy atom. The molecule has 2 atom stereocenters. The van der Waals surface area contributed by atoms with Crippen LogP contribution in [0.4, 0.5) is 0 Å². The molecule has 0 spiro atoms. The van der Waals surface area contributed by atoms with Crippen molar-refractivity contribution in [3.63, 3.8) is 0 Å². The van der Waals surface area contributed by atoms with E-state index < -0.39 is 11.4 Å². The van der Waals surface area contributed by atoms with E-state index in [0.29, 0.717) is 26.1 Å². The minimum atomic E-state index is -1.04. The number of benzene rings is 1. The highest BCUT2D eigenvalue weighted by Gasteiger charge is 2.55. The summed E-state index contributed by atoms with van der Waals surface area (Å²) < 4.78 is 5.87. The first kappa shape index (κ1) is 17.8. The Balaban J connectivity index is 1.52. The van der Waals surface area contributed by atoms with E-state index in [1.165, 1.54) is 0 Å². The van der Waals surface area contributed by atoms with Crippen molar-refractivity contribution in [1.82, 2.24) is 15.1 Å². The van der Waals surface area contributed by atoms with Crippen LogP contribution < -0.4 is 10.1 Å². The first-order valence-corrected chi connectivity index (χ1v) is 9.19. The summed E-state index contributed by atoms with van der Waals surface area (Å²) >= 11 is 0. The Morgan fingerprint density at radius 3 is 2.93 bits per heavy atom. The van der Waals surface area contributed by atoms with Crippen LogP contribution in [0.2, 0.25) is 0 Å². The van der Waals surface area contributed by atoms with Gasteiger partial charge in [0.05, 0.1) is 25.1 Å². The summed E-state index contributed by atoms with van der Waals surface area (Å²) in [5.74, 6) is -0.652. The minimum absolute atomic E-state index is 0.0901. The SMILES string of the molecule is O=C1CN(CC(=O)N2C[C@H]3COc4ccccc4C[C@@]3(C(=O)O)C2)CCN1. The third-order valence-electron chi connectivity index (χ3n) is 5.87. The Bertz CT molecular complexity index is 782. The fourth-order valence-corrected chi connectivity index (χ4v) is 4.33. The molecule has 1 aromatic carbocycles. The number of nitrogens with zero attached hydrogens (tertiary/aromatic N) is 2. The van der Waals surface area contributed by atoms with Crippen molar-refractivity contribution < 1.29 is 24.2 Å². The van der Waals surface area contributed by atoms with E-state index in [1.54, 1.807) is 9.80 Å². The van der Waals surface area contributed by atoms with Crippen LogP contribution in [0.1, 0.15) is 5.56 Å².